The Morgan fingerprint density at radius 2 is 2.05 bits per heavy atom. The molecular formula is C17H23N3O. The highest BCUT2D eigenvalue weighted by molar-refractivity contribution is 5.33. The molecule has 1 aromatic heterocycles. The lowest BCUT2D eigenvalue weighted by Gasteiger charge is -2.19. The summed E-state index contributed by atoms with van der Waals surface area (Å²) in [6.45, 7) is 4.89. The van der Waals surface area contributed by atoms with Crippen LogP contribution in [0.25, 0.3) is 0 Å². The van der Waals surface area contributed by atoms with Crippen LogP contribution in [0.1, 0.15) is 41.6 Å². The molecular weight excluding hydrogens is 262 g/mol. The summed E-state index contributed by atoms with van der Waals surface area (Å²) >= 11 is 0. The van der Waals surface area contributed by atoms with Crippen LogP contribution in [0.3, 0.4) is 0 Å². The molecule has 3 rings (SSSR count). The summed E-state index contributed by atoms with van der Waals surface area (Å²) in [5.74, 6) is 0. The van der Waals surface area contributed by atoms with Crippen molar-refractivity contribution in [2.24, 2.45) is 0 Å². The van der Waals surface area contributed by atoms with Gasteiger partial charge in [-0.25, -0.2) is 4.79 Å². The highest BCUT2D eigenvalue weighted by Crippen LogP contribution is 2.33. The third-order valence-electron chi connectivity index (χ3n) is 4.35. The molecule has 1 atom stereocenters. The summed E-state index contributed by atoms with van der Waals surface area (Å²) < 4.78 is 3.69. The lowest BCUT2D eigenvalue weighted by Crippen LogP contribution is -2.30. The zero-order valence-corrected chi connectivity index (χ0v) is 13.0. The Labute approximate surface area is 125 Å². The molecule has 4 heteroatoms. The van der Waals surface area contributed by atoms with Crippen molar-refractivity contribution in [3.63, 3.8) is 0 Å². The number of hydrogen-bond donors (Lipinski definition) is 1. The Bertz CT molecular complexity index is 694. The van der Waals surface area contributed by atoms with E-state index in [4.69, 9.17) is 0 Å². The molecule has 1 aliphatic rings. The van der Waals surface area contributed by atoms with Crippen molar-refractivity contribution in [1.29, 1.82) is 0 Å². The molecule has 112 valence electrons. The second-order valence-electron chi connectivity index (χ2n) is 6.07. The van der Waals surface area contributed by atoms with Gasteiger partial charge in [-0.3, -0.25) is 9.13 Å². The molecule has 1 N–H and O–H groups in total. The van der Waals surface area contributed by atoms with Crippen molar-refractivity contribution in [3.8, 4) is 0 Å². The standard InChI is InChI=1S/C17H23N3O/c1-12-4-5-13(2)15(10-12)16(18-3)11-19-8-9-20(17(19)21)14-6-7-14/h4-5,8-10,14,16,18H,6-7,11H2,1-3H3. The van der Waals surface area contributed by atoms with Crippen LogP contribution in [0, 0.1) is 13.8 Å². The van der Waals surface area contributed by atoms with Crippen LogP contribution in [0.5, 0.6) is 0 Å². The molecule has 1 unspecified atom stereocenters. The highest BCUT2D eigenvalue weighted by atomic mass is 16.1. The second-order valence-corrected chi connectivity index (χ2v) is 6.07. The average molecular weight is 285 g/mol. The zero-order valence-electron chi connectivity index (χ0n) is 13.0. The van der Waals surface area contributed by atoms with E-state index in [1.165, 1.54) is 16.7 Å². The first kappa shape index (κ1) is 14.1. The lowest BCUT2D eigenvalue weighted by atomic mass is 9.99. The molecule has 0 amide bonds. The quantitative estimate of drug-likeness (QED) is 0.917. The van der Waals surface area contributed by atoms with E-state index in [9.17, 15) is 4.79 Å². The second kappa shape index (κ2) is 5.53. The summed E-state index contributed by atoms with van der Waals surface area (Å²) in [5, 5.41) is 3.35. The molecule has 4 nitrogen and oxygen atoms in total. The lowest BCUT2D eigenvalue weighted by molar-refractivity contribution is 0.482. The predicted octanol–water partition coefficient (Wildman–Crippen LogP) is 2.56. The summed E-state index contributed by atoms with van der Waals surface area (Å²) in [6.07, 6.45) is 6.11. The van der Waals surface area contributed by atoms with Crippen LogP contribution in [-0.2, 0) is 6.54 Å². The van der Waals surface area contributed by atoms with E-state index < -0.39 is 0 Å². The van der Waals surface area contributed by atoms with Gasteiger partial charge < -0.3 is 5.32 Å². The predicted molar refractivity (Wildman–Crippen MR) is 84.7 cm³/mol. The van der Waals surface area contributed by atoms with Crippen molar-refractivity contribution in [3.05, 3.63) is 57.8 Å². The fourth-order valence-electron chi connectivity index (χ4n) is 2.87. The zero-order chi connectivity index (χ0) is 15.0. The van der Waals surface area contributed by atoms with E-state index in [0.717, 1.165) is 12.8 Å². The van der Waals surface area contributed by atoms with Crippen LogP contribution in [-0.4, -0.2) is 16.2 Å². The summed E-state index contributed by atoms with van der Waals surface area (Å²) in [5.41, 5.74) is 3.89. The number of hydrogen-bond acceptors (Lipinski definition) is 2. The van der Waals surface area contributed by atoms with Crippen molar-refractivity contribution in [1.82, 2.24) is 14.5 Å². The average Bonchev–Trinajstić information content (AvgIpc) is 3.24. The van der Waals surface area contributed by atoms with Gasteiger partial charge >= 0.3 is 5.69 Å². The van der Waals surface area contributed by atoms with Crippen molar-refractivity contribution in [2.75, 3.05) is 7.05 Å². The minimum Gasteiger partial charge on any atom is -0.312 e. The van der Waals surface area contributed by atoms with Gasteiger partial charge in [-0.05, 0) is 44.9 Å². The number of rotatable bonds is 5. The largest absolute Gasteiger partial charge is 0.328 e. The highest BCUT2D eigenvalue weighted by Gasteiger charge is 2.26. The summed E-state index contributed by atoms with van der Waals surface area (Å²) in [7, 11) is 1.95. The van der Waals surface area contributed by atoms with E-state index in [1.54, 1.807) is 0 Å². The third-order valence-corrected chi connectivity index (χ3v) is 4.35. The SMILES string of the molecule is CNC(Cn1ccn(C2CC2)c1=O)c1cc(C)ccc1C. The van der Waals surface area contributed by atoms with Crippen LogP contribution < -0.4 is 11.0 Å². The van der Waals surface area contributed by atoms with Crippen LogP contribution in [0.15, 0.2) is 35.4 Å². The molecule has 0 saturated heterocycles. The summed E-state index contributed by atoms with van der Waals surface area (Å²) in [4.78, 5) is 12.4. The molecule has 1 saturated carbocycles. The van der Waals surface area contributed by atoms with Crippen LogP contribution >= 0.6 is 0 Å². The molecule has 2 aromatic rings. The number of nitrogens with zero attached hydrogens (tertiary/aromatic N) is 2. The van der Waals surface area contributed by atoms with Gasteiger partial charge in [0.1, 0.15) is 0 Å². The van der Waals surface area contributed by atoms with E-state index >= 15 is 0 Å². The molecule has 0 spiro atoms. The number of imidazole rings is 1. The van der Waals surface area contributed by atoms with Crippen molar-refractivity contribution < 1.29 is 0 Å². The first-order valence-corrected chi connectivity index (χ1v) is 7.62. The van der Waals surface area contributed by atoms with E-state index in [-0.39, 0.29) is 11.7 Å². The molecule has 1 heterocycles. The van der Waals surface area contributed by atoms with Crippen LogP contribution in [0.2, 0.25) is 0 Å². The number of aryl methyl sites for hydroxylation is 2. The van der Waals surface area contributed by atoms with E-state index in [2.05, 4.69) is 37.4 Å². The van der Waals surface area contributed by atoms with Gasteiger partial charge in [0.2, 0.25) is 0 Å². The first-order chi connectivity index (χ1) is 10.1. The van der Waals surface area contributed by atoms with E-state index in [0.29, 0.717) is 12.6 Å². The number of benzene rings is 1. The van der Waals surface area contributed by atoms with E-state index in [1.807, 2.05) is 28.6 Å². The summed E-state index contributed by atoms with van der Waals surface area (Å²) in [6, 6.07) is 7.07. The minimum atomic E-state index is 0.114. The first-order valence-electron chi connectivity index (χ1n) is 7.62. The third kappa shape index (κ3) is 2.81. The number of likely N-dealkylation sites (N-methyl/N-ethyl adjacent to an activating group) is 1. The maximum Gasteiger partial charge on any atom is 0.328 e. The Hall–Kier alpha value is -1.81. The Kier molecular flexibility index (Phi) is 3.72. The number of aromatic nitrogens is 2. The van der Waals surface area contributed by atoms with Gasteiger partial charge in [0, 0.05) is 25.0 Å². The molecule has 1 aliphatic carbocycles. The smallest absolute Gasteiger partial charge is 0.312 e. The molecule has 0 bridgehead atoms. The Morgan fingerprint density at radius 3 is 2.71 bits per heavy atom. The normalized spacial score (nSPS) is 16.1. The monoisotopic (exact) mass is 285 g/mol. The fourth-order valence-corrected chi connectivity index (χ4v) is 2.87. The molecule has 21 heavy (non-hydrogen) atoms. The molecule has 0 aliphatic heterocycles. The van der Waals surface area contributed by atoms with Gasteiger partial charge in [-0.15, -0.1) is 0 Å². The molecule has 0 radical (unpaired) electrons. The minimum absolute atomic E-state index is 0.114. The molecule has 1 aromatic carbocycles. The fraction of sp³-hybridized carbons (Fsp3) is 0.471. The van der Waals surface area contributed by atoms with Gasteiger partial charge in [-0.2, -0.15) is 0 Å². The topological polar surface area (TPSA) is 39.0 Å². The van der Waals surface area contributed by atoms with Crippen molar-refractivity contribution >= 4 is 0 Å². The number of nitrogens with one attached hydrogen (secondary N) is 1. The van der Waals surface area contributed by atoms with Crippen LogP contribution in [0.4, 0.5) is 0 Å². The van der Waals surface area contributed by atoms with Crippen molar-refractivity contribution in [2.45, 2.75) is 45.3 Å². The maximum absolute atomic E-state index is 12.4. The van der Waals surface area contributed by atoms with Gasteiger partial charge in [-0.1, -0.05) is 23.8 Å². The Morgan fingerprint density at radius 1 is 1.29 bits per heavy atom. The van der Waals surface area contributed by atoms with Gasteiger partial charge in [0.25, 0.3) is 0 Å². The Balaban J connectivity index is 1.87. The molecule has 1 fully saturated rings. The van der Waals surface area contributed by atoms with Gasteiger partial charge in [0.15, 0.2) is 0 Å². The van der Waals surface area contributed by atoms with Gasteiger partial charge in [0.05, 0.1) is 6.04 Å². The maximum atomic E-state index is 12.4.